The molecule has 1 amide bonds. The summed E-state index contributed by atoms with van der Waals surface area (Å²) in [6.45, 7) is 7.77. The van der Waals surface area contributed by atoms with Crippen molar-refractivity contribution in [3.8, 4) is 0 Å². The molecule has 1 rings (SSSR count). The Hall–Kier alpha value is -1.25. The fraction of sp³-hybridized carbons (Fsp3) is 0.500. The summed E-state index contributed by atoms with van der Waals surface area (Å²) in [6.07, 6.45) is 1.57. The number of amides is 1. The van der Waals surface area contributed by atoms with Crippen LogP contribution in [-0.2, 0) is 9.59 Å². The summed E-state index contributed by atoms with van der Waals surface area (Å²) in [6, 6.07) is 0. The zero-order chi connectivity index (χ0) is 10.1. The Balaban J connectivity index is 2.95. The lowest BCUT2D eigenvalue weighted by molar-refractivity contribution is -0.115. The highest BCUT2D eigenvalue weighted by Gasteiger charge is 2.32. The van der Waals surface area contributed by atoms with E-state index in [9.17, 15) is 9.59 Å². The van der Waals surface area contributed by atoms with Crippen LogP contribution in [0.4, 0.5) is 0 Å². The van der Waals surface area contributed by atoms with E-state index in [-0.39, 0.29) is 16.9 Å². The van der Waals surface area contributed by atoms with Crippen LogP contribution in [0.15, 0.2) is 17.1 Å². The number of carbonyl (C=O) groups excluding carboxylic acids is 2. The van der Waals surface area contributed by atoms with Crippen LogP contribution in [-0.4, -0.2) is 17.9 Å². The summed E-state index contributed by atoms with van der Waals surface area (Å²) in [5.74, 6) is -0.0756. The molecule has 0 saturated heterocycles. The molecule has 1 saturated carbocycles. The lowest BCUT2D eigenvalue weighted by Crippen LogP contribution is -2.32. The molecule has 0 unspecified atom stereocenters. The van der Waals surface area contributed by atoms with Crippen molar-refractivity contribution in [1.82, 2.24) is 0 Å². The standard InChI is InChI=1S/C10H13NO2/c1-7-4-10(2,3)5-8(13)9(7)11-6-12/h6H,1,4-5H2,2-3H3. The van der Waals surface area contributed by atoms with E-state index in [0.717, 1.165) is 6.42 Å². The molecule has 1 fully saturated rings. The molecule has 3 nitrogen and oxygen atoms in total. The van der Waals surface area contributed by atoms with Crippen molar-refractivity contribution in [3.63, 3.8) is 0 Å². The molecular weight excluding hydrogens is 166 g/mol. The average molecular weight is 179 g/mol. The minimum absolute atomic E-state index is 0.0456. The maximum absolute atomic E-state index is 11.5. The van der Waals surface area contributed by atoms with Crippen LogP contribution in [0.3, 0.4) is 0 Å². The highest BCUT2D eigenvalue weighted by atomic mass is 16.1. The molecule has 0 radical (unpaired) electrons. The number of nitrogens with zero attached hydrogens (tertiary/aromatic N) is 1. The van der Waals surface area contributed by atoms with E-state index in [1.165, 1.54) is 0 Å². The Morgan fingerprint density at radius 3 is 2.54 bits per heavy atom. The molecule has 0 atom stereocenters. The Bertz CT molecular complexity index is 278. The summed E-state index contributed by atoms with van der Waals surface area (Å²) in [7, 11) is 0. The fourth-order valence-electron chi connectivity index (χ4n) is 1.66. The second kappa shape index (κ2) is 3.24. The molecule has 70 valence electrons. The number of ketones is 1. The predicted molar refractivity (Wildman–Crippen MR) is 50.7 cm³/mol. The molecule has 0 aromatic rings. The van der Waals surface area contributed by atoms with Gasteiger partial charge >= 0.3 is 0 Å². The molecule has 0 spiro atoms. The van der Waals surface area contributed by atoms with Crippen LogP contribution in [0.2, 0.25) is 0 Å². The Morgan fingerprint density at radius 1 is 1.46 bits per heavy atom. The number of aliphatic imine (C=N–C) groups is 1. The minimum Gasteiger partial charge on any atom is -0.292 e. The van der Waals surface area contributed by atoms with E-state index < -0.39 is 0 Å². The van der Waals surface area contributed by atoms with Crippen molar-refractivity contribution in [2.75, 3.05) is 0 Å². The molecule has 1 aliphatic rings. The van der Waals surface area contributed by atoms with Crippen molar-refractivity contribution >= 4 is 17.9 Å². The van der Waals surface area contributed by atoms with E-state index in [0.29, 0.717) is 18.4 Å². The van der Waals surface area contributed by atoms with Gasteiger partial charge in [0.1, 0.15) is 5.71 Å². The van der Waals surface area contributed by atoms with Gasteiger partial charge < -0.3 is 0 Å². The Kier molecular flexibility index (Phi) is 2.45. The van der Waals surface area contributed by atoms with Crippen molar-refractivity contribution in [3.05, 3.63) is 12.2 Å². The normalized spacial score (nSPS) is 24.9. The van der Waals surface area contributed by atoms with Gasteiger partial charge in [0.15, 0.2) is 5.78 Å². The summed E-state index contributed by atoms with van der Waals surface area (Å²) >= 11 is 0. The minimum atomic E-state index is -0.0756. The zero-order valence-corrected chi connectivity index (χ0v) is 7.96. The number of hydrogen-bond donors (Lipinski definition) is 0. The van der Waals surface area contributed by atoms with Gasteiger partial charge in [0.05, 0.1) is 0 Å². The molecule has 1 aliphatic carbocycles. The number of carbonyl (C=O) groups is 2. The van der Waals surface area contributed by atoms with Crippen molar-refractivity contribution in [2.24, 2.45) is 10.4 Å². The van der Waals surface area contributed by atoms with Crippen LogP contribution < -0.4 is 0 Å². The van der Waals surface area contributed by atoms with Gasteiger partial charge in [0.2, 0.25) is 6.41 Å². The maximum atomic E-state index is 11.5. The van der Waals surface area contributed by atoms with Gasteiger partial charge in [0.25, 0.3) is 0 Å². The highest BCUT2D eigenvalue weighted by Crippen LogP contribution is 2.34. The first-order chi connectivity index (χ1) is 5.96. The molecule has 13 heavy (non-hydrogen) atoms. The van der Waals surface area contributed by atoms with E-state index >= 15 is 0 Å². The molecule has 0 aromatic heterocycles. The van der Waals surface area contributed by atoms with Crippen molar-refractivity contribution in [1.29, 1.82) is 0 Å². The first-order valence-electron chi connectivity index (χ1n) is 4.19. The predicted octanol–water partition coefficient (Wildman–Crippen LogP) is 1.53. The number of rotatable bonds is 1. The maximum Gasteiger partial charge on any atom is 0.233 e. The first kappa shape index (κ1) is 9.84. The lowest BCUT2D eigenvalue weighted by atomic mass is 9.74. The van der Waals surface area contributed by atoms with Gasteiger partial charge in [-0.2, -0.15) is 0 Å². The summed E-state index contributed by atoms with van der Waals surface area (Å²) in [5, 5.41) is 0. The van der Waals surface area contributed by atoms with Crippen LogP contribution in [0.1, 0.15) is 26.7 Å². The summed E-state index contributed by atoms with van der Waals surface area (Å²) in [4.78, 5) is 25.1. The molecule has 0 heterocycles. The van der Waals surface area contributed by atoms with Gasteiger partial charge in [-0.25, -0.2) is 4.99 Å². The van der Waals surface area contributed by atoms with Crippen LogP contribution >= 0.6 is 0 Å². The quantitative estimate of drug-likeness (QED) is 0.573. The van der Waals surface area contributed by atoms with Gasteiger partial charge in [-0.05, 0) is 17.4 Å². The summed E-state index contributed by atoms with van der Waals surface area (Å²) in [5.41, 5.74) is 0.887. The molecule has 0 aliphatic heterocycles. The molecule has 0 N–H and O–H groups in total. The molecular formula is C10H13NO2. The van der Waals surface area contributed by atoms with Gasteiger partial charge in [0, 0.05) is 6.42 Å². The Labute approximate surface area is 77.5 Å². The van der Waals surface area contributed by atoms with Gasteiger partial charge in [-0.15, -0.1) is 0 Å². The SMILES string of the molecule is C=C1CC(C)(C)CC(=O)C1=NC=O. The number of hydrogen-bond acceptors (Lipinski definition) is 2. The van der Waals surface area contributed by atoms with E-state index in [4.69, 9.17) is 0 Å². The average Bonchev–Trinajstić information content (AvgIpc) is 1.94. The second-order valence-electron chi connectivity index (χ2n) is 4.13. The van der Waals surface area contributed by atoms with Crippen LogP contribution in [0.5, 0.6) is 0 Å². The Morgan fingerprint density at radius 2 is 2.08 bits per heavy atom. The molecule has 3 heteroatoms. The van der Waals surface area contributed by atoms with Crippen LogP contribution in [0.25, 0.3) is 0 Å². The van der Waals surface area contributed by atoms with E-state index in [2.05, 4.69) is 11.6 Å². The van der Waals surface area contributed by atoms with Gasteiger partial charge in [-0.1, -0.05) is 20.4 Å². The number of allylic oxidation sites excluding steroid dienone is 1. The van der Waals surface area contributed by atoms with Gasteiger partial charge in [-0.3, -0.25) is 9.59 Å². The third-order valence-electron chi connectivity index (χ3n) is 2.11. The molecule has 0 aromatic carbocycles. The van der Waals surface area contributed by atoms with Crippen LogP contribution in [0, 0.1) is 5.41 Å². The number of Topliss-reactive ketones (excluding diaryl/α,β-unsaturated/α-hetero) is 1. The third kappa shape index (κ3) is 2.11. The highest BCUT2D eigenvalue weighted by molar-refractivity contribution is 6.47. The third-order valence-corrected chi connectivity index (χ3v) is 2.11. The fourth-order valence-corrected chi connectivity index (χ4v) is 1.66. The zero-order valence-electron chi connectivity index (χ0n) is 7.96. The van der Waals surface area contributed by atoms with Crippen molar-refractivity contribution in [2.45, 2.75) is 26.7 Å². The largest absolute Gasteiger partial charge is 0.292 e. The van der Waals surface area contributed by atoms with E-state index in [1.54, 1.807) is 0 Å². The first-order valence-corrected chi connectivity index (χ1v) is 4.19. The molecule has 0 bridgehead atoms. The van der Waals surface area contributed by atoms with Crippen molar-refractivity contribution < 1.29 is 9.59 Å². The monoisotopic (exact) mass is 179 g/mol. The second-order valence-corrected chi connectivity index (χ2v) is 4.13. The topological polar surface area (TPSA) is 46.5 Å². The summed E-state index contributed by atoms with van der Waals surface area (Å²) < 4.78 is 0. The van der Waals surface area contributed by atoms with E-state index in [1.807, 2.05) is 13.8 Å². The lowest BCUT2D eigenvalue weighted by Gasteiger charge is -2.30. The smallest absolute Gasteiger partial charge is 0.233 e.